The minimum absolute atomic E-state index is 0.354. The molecule has 2 aromatic rings. The second kappa shape index (κ2) is 10.4. The number of ether oxygens (including phenoxy) is 1. The SMILES string of the molecule is CC(C)(C)OC(=O)NCCN1CCc2c(sc(NC(=O)Nc3ccc(Cl)cc3)c2C(N)=O)C1. The molecule has 0 aliphatic carbocycles. The van der Waals surface area contributed by atoms with Gasteiger partial charge in [0.2, 0.25) is 0 Å². The Hall–Kier alpha value is -2.82. The van der Waals surface area contributed by atoms with Crippen molar-refractivity contribution >= 4 is 51.7 Å². The molecule has 1 aromatic carbocycles. The third kappa shape index (κ3) is 7.08. The molecule has 4 amide bonds. The van der Waals surface area contributed by atoms with E-state index in [1.54, 1.807) is 24.3 Å². The molecule has 5 N–H and O–H groups in total. The van der Waals surface area contributed by atoms with Crippen LogP contribution in [0.25, 0.3) is 0 Å². The summed E-state index contributed by atoms with van der Waals surface area (Å²) >= 11 is 7.20. The summed E-state index contributed by atoms with van der Waals surface area (Å²) in [5.41, 5.74) is 6.88. The number of fused-ring (bicyclic) bond motifs is 1. The quantitative estimate of drug-likeness (QED) is 0.483. The molecule has 1 aliphatic rings. The van der Waals surface area contributed by atoms with Crippen LogP contribution in [0, 0.1) is 0 Å². The molecule has 0 bridgehead atoms. The molecule has 33 heavy (non-hydrogen) atoms. The Balaban J connectivity index is 1.61. The van der Waals surface area contributed by atoms with E-state index in [4.69, 9.17) is 22.1 Å². The monoisotopic (exact) mass is 493 g/mol. The number of urea groups is 1. The zero-order valence-corrected chi connectivity index (χ0v) is 20.4. The smallest absolute Gasteiger partial charge is 0.407 e. The van der Waals surface area contributed by atoms with E-state index in [0.717, 1.165) is 10.4 Å². The summed E-state index contributed by atoms with van der Waals surface area (Å²) in [4.78, 5) is 39.6. The Labute approximate surface area is 201 Å². The molecule has 9 nitrogen and oxygen atoms in total. The molecule has 0 spiro atoms. The van der Waals surface area contributed by atoms with Crippen molar-refractivity contribution in [2.24, 2.45) is 5.73 Å². The van der Waals surface area contributed by atoms with Crippen LogP contribution in [0.3, 0.4) is 0 Å². The van der Waals surface area contributed by atoms with E-state index in [2.05, 4.69) is 20.9 Å². The van der Waals surface area contributed by atoms with Crippen LogP contribution >= 0.6 is 22.9 Å². The van der Waals surface area contributed by atoms with Gasteiger partial charge in [-0.25, -0.2) is 9.59 Å². The summed E-state index contributed by atoms with van der Waals surface area (Å²) in [6, 6.07) is 6.22. The van der Waals surface area contributed by atoms with Crippen molar-refractivity contribution in [3.05, 3.63) is 45.3 Å². The molecule has 0 atom stereocenters. The number of rotatable bonds is 6. The second-order valence-electron chi connectivity index (χ2n) is 8.61. The average molecular weight is 494 g/mol. The third-order valence-corrected chi connectivity index (χ3v) is 6.19. The first-order valence-electron chi connectivity index (χ1n) is 10.5. The van der Waals surface area contributed by atoms with Crippen molar-refractivity contribution in [3.63, 3.8) is 0 Å². The van der Waals surface area contributed by atoms with Crippen molar-refractivity contribution < 1.29 is 19.1 Å². The van der Waals surface area contributed by atoms with Gasteiger partial charge in [-0.05, 0) is 57.0 Å². The van der Waals surface area contributed by atoms with Gasteiger partial charge in [-0.2, -0.15) is 0 Å². The number of carbonyl (C=O) groups excluding carboxylic acids is 3. The largest absolute Gasteiger partial charge is 0.444 e. The lowest BCUT2D eigenvalue weighted by Gasteiger charge is -2.27. The molecule has 1 aliphatic heterocycles. The van der Waals surface area contributed by atoms with Gasteiger partial charge in [0.25, 0.3) is 5.91 Å². The molecule has 0 fully saturated rings. The van der Waals surface area contributed by atoms with E-state index in [0.29, 0.717) is 53.9 Å². The van der Waals surface area contributed by atoms with Crippen LogP contribution in [-0.2, 0) is 17.7 Å². The lowest BCUT2D eigenvalue weighted by atomic mass is 10.0. The Morgan fingerprint density at radius 3 is 2.52 bits per heavy atom. The van der Waals surface area contributed by atoms with E-state index in [1.165, 1.54) is 11.3 Å². The van der Waals surface area contributed by atoms with Crippen LogP contribution in [0.5, 0.6) is 0 Å². The summed E-state index contributed by atoms with van der Waals surface area (Å²) in [5.74, 6) is -0.575. The van der Waals surface area contributed by atoms with Gasteiger partial charge in [-0.3, -0.25) is 15.0 Å². The summed E-state index contributed by atoms with van der Waals surface area (Å²) in [7, 11) is 0. The lowest BCUT2D eigenvalue weighted by molar-refractivity contribution is 0.0521. The molecule has 0 unspecified atom stereocenters. The number of anilines is 2. The maximum Gasteiger partial charge on any atom is 0.407 e. The molecule has 0 saturated carbocycles. The van der Waals surface area contributed by atoms with Crippen molar-refractivity contribution in [2.75, 3.05) is 30.3 Å². The lowest BCUT2D eigenvalue weighted by Crippen LogP contribution is -2.39. The minimum atomic E-state index is -0.575. The van der Waals surface area contributed by atoms with Gasteiger partial charge in [0.15, 0.2) is 0 Å². The Morgan fingerprint density at radius 2 is 1.88 bits per heavy atom. The zero-order valence-electron chi connectivity index (χ0n) is 18.8. The predicted octanol–water partition coefficient (Wildman–Crippen LogP) is 4.03. The highest BCUT2D eigenvalue weighted by Gasteiger charge is 2.28. The van der Waals surface area contributed by atoms with Crippen LogP contribution in [0.1, 0.15) is 41.6 Å². The number of alkyl carbamates (subject to hydrolysis) is 1. The topological polar surface area (TPSA) is 126 Å². The highest BCUT2D eigenvalue weighted by atomic mass is 35.5. The molecular formula is C22H28ClN5O4S. The van der Waals surface area contributed by atoms with Crippen LogP contribution in [0.4, 0.5) is 20.3 Å². The highest BCUT2D eigenvalue weighted by molar-refractivity contribution is 7.17. The van der Waals surface area contributed by atoms with Crippen molar-refractivity contribution in [3.8, 4) is 0 Å². The van der Waals surface area contributed by atoms with E-state index < -0.39 is 23.6 Å². The Kier molecular flexibility index (Phi) is 7.83. The summed E-state index contributed by atoms with van der Waals surface area (Å²) in [6.07, 6.45) is 0.169. The number of nitrogens with two attached hydrogens (primary N) is 1. The van der Waals surface area contributed by atoms with E-state index >= 15 is 0 Å². The van der Waals surface area contributed by atoms with Gasteiger partial charge in [0, 0.05) is 41.8 Å². The van der Waals surface area contributed by atoms with Crippen LogP contribution in [0.2, 0.25) is 5.02 Å². The Morgan fingerprint density at radius 1 is 1.18 bits per heavy atom. The molecule has 0 saturated heterocycles. The number of hydrogen-bond acceptors (Lipinski definition) is 6. The van der Waals surface area contributed by atoms with Crippen LogP contribution < -0.4 is 21.7 Å². The average Bonchev–Trinajstić information content (AvgIpc) is 3.05. The van der Waals surface area contributed by atoms with Crippen molar-refractivity contribution in [1.82, 2.24) is 10.2 Å². The number of hydrogen-bond donors (Lipinski definition) is 4. The molecule has 3 rings (SSSR count). The first-order valence-corrected chi connectivity index (χ1v) is 11.7. The summed E-state index contributed by atoms with van der Waals surface area (Å²) in [5, 5.41) is 9.20. The highest BCUT2D eigenvalue weighted by Crippen LogP contribution is 2.37. The second-order valence-corrected chi connectivity index (χ2v) is 10.2. The predicted molar refractivity (Wildman–Crippen MR) is 130 cm³/mol. The van der Waals surface area contributed by atoms with Gasteiger partial charge in [-0.1, -0.05) is 11.6 Å². The fourth-order valence-corrected chi connectivity index (χ4v) is 4.84. The third-order valence-electron chi connectivity index (χ3n) is 4.81. The maximum absolute atomic E-state index is 12.5. The number of carbonyl (C=O) groups is 3. The van der Waals surface area contributed by atoms with Gasteiger partial charge in [-0.15, -0.1) is 11.3 Å². The first-order chi connectivity index (χ1) is 15.5. The van der Waals surface area contributed by atoms with Crippen molar-refractivity contribution in [1.29, 1.82) is 0 Å². The number of nitrogens with zero attached hydrogens (tertiary/aromatic N) is 1. The standard InChI is InChI=1S/C22H28ClN5O4S/c1-22(2,3)32-21(31)25-9-11-28-10-8-15-16(12-28)33-19(17(15)18(24)29)27-20(30)26-14-6-4-13(23)5-7-14/h4-7H,8-12H2,1-3H3,(H2,24,29)(H,25,31)(H2,26,27,30). The van der Waals surface area contributed by atoms with Gasteiger partial charge >= 0.3 is 12.1 Å². The Bertz CT molecular complexity index is 1030. The molecule has 1 aromatic heterocycles. The number of thiophene rings is 1. The summed E-state index contributed by atoms with van der Waals surface area (Å²) in [6.45, 7) is 7.80. The normalized spacial score (nSPS) is 13.7. The van der Waals surface area contributed by atoms with Gasteiger partial charge in [0.05, 0.1) is 5.56 Å². The molecule has 11 heteroatoms. The van der Waals surface area contributed by atoms with E-state index in [9.17, 15) is 14.4 Å². The molecule has 178 valence electrons. The number of amides is 4. The van der Waals surface area contributed by atoms with Crippen LogP contribution in [-0.4, -0.2) is 48.2 Å². The number of halogens is 1. The van der Waals surface area contributed by atoms with Gasteiger partial charge < -0.3 is 21.1 Å². The molecule has 2 heterocycles. The number of benzene rings is 1. The number of primary amides is 1. The first kappa shape index (κ1) is 24.8. The van der Waals surface area contributed by atoms with E-state index in [-0.39, 0.29) is 0 Å². The molecule has 0 radical (unpaired) electrons. The van der Waals surface area contributed by atoms with Crippen molar-refractivity contribution in [2.45, 2.75) is 39.3 Å². The minimum Gasteiger partial charge on any atom is -0.444 e. The fourth-order valence-electron chi connectivity index (χ4n) is 3.42. The molecular weight excluding hydrogens is 466 g/mol. The number of nitrogens with one attached hydrogen (secondary N) is 3. The zero-order chi connectivity index (χ0) is 24.2. The van der Waals surface area contributed by atoms with E-state index in [1.807, 2.05) is 20.8 Å². The van der Waals surface area contributed by atoms with Crippen LogP contribution in [0.15, 0.2) is 24.3 Å². The maximum atomic E-state index is 12.5. The summed E-state index contributed by atoms with van der Waals surface area (Å²) < 4.78 is 5.24. The van der Waals surface area contributed by atoms with Gasteiger partial charge in [0.1, 0.15) is 10.6 Å². The fraction of sp³-hybridized carbons (Fsp3) is 0.409.